The van der Waals surface area contributed by atoms with Gasteiger partial charge in [0.25, 0.3) is 5.91 Å². The highest BCUT2D eigenvalue weighted by Crippen LogP contribution is 2.30. The first-order valence-electron chi connectivity index (χ1n) is 15.4. The van der Waals surface area contributed by atoms with Gasteiger partial charge < -0.3 is 14.4 Å². The van der Waals surface area contributed by atoms with E-state index in [2.05, 4.69) is 24.4 Å². The summed E-state index contributed by atoms with van der Waals surface area (Å²) >= 11 is 0. The van der Waals surface area contributed by atoms with E-state index < -0.39 is 20.2 Å². The summed E-state index contributed by atoms with van der Waals surface area (Å²) in [6.07, 6.45) is 2.64. The fourth-order valence-corrected chi connectivity index (χ4v) is 6.58. The molecule has 0 N–H and O–H groups in total. The summed E-state index contributed by atoms with van der Waals surface area (Å²) in [4.78, 5) is 45.7. The predicted molar refractivity (Wildman–Crippen MR) is 167 cm³/mol. The number of halogens is 3. The molecule has 45 heavy (non-hydrogen) atoms. The van der Waals surface area contributed by atoms with Gasteiger partial charge in [0.1, 0.15) is 12.5 Å². The maximum Gasteiger partial charge on any atom is 0.573 e. The number of aromatic nitrogens is 3. The van der Waals surface area contributed by atoms with Gasteiger partial charge in [0.15, 0.2) is 11.4 Å². The van der Waals surface area contributed by atoms with Gasteiger partial charge in [-0.1, -0.05) is 0 Å². The van der Waals surface area contributed by atoms with Gasteiger partial charge in [0, 0.05) is 43.9 Å². The number of amides is 1. The van der Waals surface area contributed by atoms with Crippen LogP contribution < -0.4 is 10.4 Å². The second-order valence-corrected chi connectivity index (χ2v) is 18.6. The number of likely N-dealkylation sites (tertiary alicyclic amines) is 1. The summed E-state index contributed by atoms with van der Waals surface area (Å²) in [7, 11) is -1.32. The van der Waals surface area contributed by atoms with Crippen LogP contribution in [0.1, 0.15) is 60.5 Å². The van der Waals surface area contributed by atoms with Crippen molar-refractivity contribution in [3.05, 3.63) is 64.2 Å². The monoisotopic (exact) mass is 644 g/mol. The van der Waals surface area contributed by atoms with Gasteiger partial charge in [0.2, 0.25) is 0 Å². The molecule has 2 aromatic heterocycles. The summed E-state index contributed by atoms with van der Waals surface area (Å²) in [5.41, 5.74) is 2.92. The molecule has 13 heteroatoms. The summed E-state index contributed by atoms with van der Waals surface area (Å²) in [6, 6.07) is 7.56. The number of allylic oxidation sites excluding steroid dienone is 2. The van der Waals surface area contributed by atoms with E-state index in [-0.39, 0.29) is 35.7 Å². The lowest BCUT2D eigenvalue weighted by atomic mass is 10.0. The van der Waals surface area contributed by atoms with Crippen molar-refractivity contribution in [3.8, 4) is 5.75 Å². The Morgan fingerprint density at radius 3 is 2.40 bits per heavy atom. The molecule has 1 aromatic carbocycles. The Balaban J connectivity index is 1.38. The minimum absolute atomic E-state index is 0.0751. The summed E-state index contributed by atoms with van der Waals surface area (Å²) in [5, 5.41) is 0. The number of hydrogen-bond acceptors (Lipinski definition) is 6. The molecular formula is C32H39F3N4O5Si-. The molecule has 1 aliphatic heterocycles. The van der Waals surface area contributed by atoms with Crippen molar-refractivity contribution in [2.75, 3.05) is 19.7 Å². The topological polar surface area (TPSA) is 95.7 Å². The smallest absolute Gasteiger partial charge is 0.406 e. The number of imidazole rings is 1. The van der Waals surface area contributed by atoms with Gasteiger partial charge in [-0.2, -0.15) is 19.6 Å². The first-order chi connectivity index (χ1) is 21.3. The van der Waals surface area contributed by atoms with Crippen molar-refractivity contribution >= 4 is 36.5 Å². The Bertz CT molecular complexity index is 1630. The molecule has 1 amide bonds. The van der Waals surface area contributed by atoms with Crippen molar-refractivity contribution in [2.24, 2.45) is 0 Å². The van der Waals surface area contributed by atoms with E-state index in [9.17, 15) is 27.6 Å². The molecule has 0 radical (unpaired) electrons. The molecule has 0 saturated carbocycles. The molecule has 0 spiro atoms. The molecule has 1 aliphatic carbocycles. The molecular weight excluding hydrogens is 605 g/mol. The van der Waals surface area contributed by atoms with Crippen LogP contribution in [0.3, 0.4) is 0 Å². The van der Waals surface area contributed by atoms with Gasteiger partial charge in [0.05, 0.1) is 5.52 Å². The number of nitrogens with zero attached hydrogens (tertiary/aromatic N) is 4. The number of hydrogen-bond donors (Lipinski definition) is 0. The Labute approximate surface area is 260 Å². The fourth-order valence-electron chi connectivity index (χ4n) is 5.82. The molecule has 5 rings (SSSR count). The van der Waals surface area contributed by atoms with E-state index in [1.807, 2.05) is 6.07 Å². The average Bonchev–Trinajstić information content (AvgIpc) is 3.09. The van der Waals surface area contributed by atoms with E-state index >= 15 is 0 Å². The molecule has 1 saturated heterocycles. The molecule has 2 aliphatic rings. The van der Waals surface area contributed by atoms with Crippen LogP contribution in [-0.2, 0) is 16.3 Å². The van der Waals surface area contributed by atoms with Crippen molar-refractivity contribution < 1.29 is 32.2 Å². The third-order valence-electron chi connectivity index (χ3n) is 8.29. The van der Waals surface area contributed by atoms with Crippen LogP contribution in [0.15, 0.2) is 47.4 Å². The van der Waals surface area contributed by atoms with Crippen LogP contribution in [0.4, 0.5) is 13.2 Å². The van der Waals surface area contributed by atoms with Gasteiger partial charge >= 0.3 is 12.1 Å². The zero-order valence-electron chi connectivity index (χ0n) is 25.9. The second-order valence-electron chi connectivity index (χ2n) is 12.9. The Hall–Kier alpha value is -3.71. The third kappa shape index (κ3) is 8.12. The van der Waals surface area contributed by atoms with Gasteiger partial charge in [-0.05, 0) is 79.6 Å². The predicted octanol–water partition coefficient (Wildman–Crippen LogP) is 6.41. The summed E-state index contributed by atoms with van der Waals surface area (Å²) < 4.78 is 50.7. The Kier molecular flexibility index (Phi) is 9.68. The molecule has 0 unspecified atom stereocenters. The van der Waals surface area contributed by atoms with E-state index in [0.717, 1.165) is 48.6 Å². The lowest BCUT2D eigenvalue weighted by molar-refractivity contribution is -0.274. The van der Waals surface area contributed by atoms with Crippen LogP contribution in [-0.4, -0.2) is 64.8 Å². The number of pyridine rings is 1. The van der Waals surface area contributed by atoms with Crippen molar-refractivity contribution in [2.45, 2.75) is 83.3 Å². The molecule has 0 atom stereocenters. The first-order valence-corrected chi connectivity index (χ1v) is 19.1. The van der Waals surface area contributed by atoms with Gasteiger partial charge in [-0.25, -0.2) is 9.78 Å². The molecule has 3 aromatic rings. The Morgan fingerprint density at radius 1 is 1.04 bits per heavy atom. The lowest BCUT2D eigenvalue weighted by Crippen LogP contribution is -2.41. The van der Waals surface area contributed by atoms with Crippen LogP contribution in [0.5, 0.6) is 5.75 Å². The number of benzene rings is 1. The van der Waals surface area contributed by atoms with Crippen LogP contribution in [0.2, 0.25) is 25.7 Å². The number of carbonyl (C=O) groups excluding carboxylic acids is 2. The van der Waals surface area contributed by atoms with Crippen molar-refractivity contribution in [1.82, 2.24) is 19.0 Å². The number of ketones is 1. The highest BCUT2D eigenvalue weighted by Gasteiger charge is 2.32. The maximum atomic E-state index is 13.9. The standard InChI is InChI=1S/C32H39F3N4O5Si/c1-45(2,3)17-16-43-21-38-29-28(19-24(20-36-29)23-6-4-5-7-26(40)18-23)39(31(38)42)25-12-14-37(15-13-25)30(41)22-8-10-27(11-9-22)44-32(33,34)35/h8-11,18-20,25H,4-7,12-17,21H2,1-3H3/q-1. The highest BCUT2D eigenvalue weighted by molar-refractivity contribution is 6.76. The number of fused-ring (bicyclic) bond motifs is 1. The number of alkyl halides is 3. The fraction of sp³-hybridized carbons (Fsp3) is 0.500. The number of carbonyl (C=O) groups is 2. The SMILES string of the molecule is C[Si-](C)(C)CCOCn1c(=O)n(C2CCN(C(=O)c3ccc(OC(F)(F)F)cc3)CC2)c2cc(C3=CC(=O)CCCC3)cnc21. The Morgan fingerprint density at radius 2 is 1.73 bits per heavy atom. The highest BCUT2D eigenvalue weighted by atomic mass is 28.3. The minimum atomic E-state index is -4.81. The first kappa shape index (κ1) is 32.7. The number of piperidine rings is 1. The van der Waals surface area contributed by atoms with E-state index in [4.69, 9.17) is 9.72 Å². The molecule has 0 bridgehead atoms. The van der Waals surface area contributed by atoms with Crippen molar-refractivity contribution in [3.63, 3.8) is 0 Å². The van der Waals surface area contributed by atoms with Gasteiger partial charge in [-0.3, -0.25) is 18.7 Å². The van der Waals surface area contributed by atoms with Crippen LogP contribution in [0, 0.1) is 0 Å². The molecule has 1 fully saturated rings. The minimum Gasteiger partial charge on any atom is -0.406 e. The van der Waals surface area contributed by atoms with Gasteiger partial charge in [-0.15, -0.1) is 27.3 Å². The number of rotatable bonds is 9. The third-order valence-corrected chi connectivity index (χ3v) is 10.00. The summed E-state index contributed by atoms with van der Waals surface area (Å²) in [5.74, 6) is -0.602. The van der Waals surface area contributed by atoms with E-state index in [1.54, 1.807) is 26.3 Å². The second kappa shape index (κ2) is 13.3. The summed E-state index contributed by atoms with van der Waals surface area (Å²) in [6.45, 7) is 8.14. The van der Waals surface area contributed by atoms with Crippen LogP contribution in [0.25, 0.3) is 16.7 Å². The van der Waals surface area contributed by atoms with E-state index in [0.29, 0.717) is 50.1 Å². The van der Waals surface area contributed by atoms with Crippen molar-refractivity contribution in [1.29, 1.82) is 0 Å². The normalized spacial score (nSPS) is 17.0. The van der Waals surface area contributed by atoms with E-state index in [1.165, 1.54) is 12.1 Å². The average molecular weight is 645 g/mol. The molecule has 243 valence electrons. The molecule has 9 nitrogen and oxygen atoms in total. The zero-order valence-corrected chi connectivity index (χ0v) is 26.9. The largest absolute Gasteiger partial charge is 0.573 e. The van der Waals surface area contributed by atoms with Crippen LogP contribution >= 0.6 is 0 Å². The molecule has 3 heterocycles. The quantitative estimate of drug-likeness (QED) is 0.197. The number of ether oxygens (including phenoxy) is 2. The zero-order chi connectivity index (χ0) is 32.4. The maximum absolute atomic E-state index is 13.9. The lowest BCUT2D eigenvalue weighted by Gasteiger charge is -2.32.